The first-order chi connectivity index (χ1) is 15.3. The van der Waals surface area contributed by atoms with Crippen LogP contribution in [-0.4, -0.2) is 40.2 Å². The fourth-order valence-electron chi connectivity index (χ4n) is 3.75. The molecule has 0 bridgehead atoms. The highest BCUT2D eigenvalue weighted by Crippen LogP contribution is 2.36. The molecule has 2 aromatic carbocycles. The monoisotopic (exact) mass is 454 g/mol. The molecule has 0 saturated carbocycles. The summed E-state index contributed by atoms with van der Waals surface area (Å²) in [6, 6.07) is 12.8. The molecule has 3 amide bonds. The van der Waals surface area contributed by atoms with Crippen molar-refractivity contribution in [2.45, 2.75) is 45.9 Å². The minimum atomic E-state index is -0.828. The Balaban J connectivity index is 1.61. The lowest BCUT2D eigenvalue weighted by Gasteiger charge is -2.36. The van der Waals surface area contributed by atoms with E-state index in [0.29, 0.717) is 29.2 Å². The van der Waals surface area contributed by atoms with E-state index in [-0.39, 0.29) is 29.5 Å². The van der Waals surface area contributed by atoms with Crippen LogP contribution in [0.4, 0.5) is 10.5 Å². The highest BCUT2D eigenvalue weighted by Gasteiger charge is 2.41. The predicted octanol–water partition coefficient (Wildman–Crippen LogP) is 4.57. The number of imide groups is 1. The van der Waals surface area contributed by atoms with Gasteiger partial charge < -0.3 is 9.47 Å². The van der Waals surface area contributed by atoms with E-state index in [1.54, 1.807) is 30.0 Å². The van der Waals surface area contributed by atoms with Crippen LogP contribution in [0.2, 0.25) is 0 Å². The lowest BCUT2D eigenvalue weighted by Crippen LogP contribution is -2.46. The fraction of sp³-hybridized carbons (Fsp3) is 0.375. The molecule has 4 rings (SSSR count). The van der Waals surface area contributed by atoms with Crippen LogP contribution in [0, 0.1) is 12.8 Å². The Morgan fingerprint density at radius 2 is 1.88 bits per heavy atom. The molecular formula is C24H26N2O5S. The van der Waals surface area contributed by atoms with Crippen molar-refractivity contribution in [2.75, 3.05) is 11.5 Å². The molecule has 0 aliphatic carbocycles. The molecule has 8 heteroatoms. The van der Waals surface area contributed by atoms with Crippen LogP contribution >= 0.6 is 11.8 Å². The molecule has 0 spiro atoms. The van der Waals surface area contributed by atoms with Crippen LogP contribution in [0.3, 0.4) is 0 Å². The van der Waals surface area contributed by atoms with Gasteiger partial charge in [-0.1, -0.05) is 43.7 Å². The van der Waals surface area contributed by atoms with Crippen LogP contribution in [-0.2, 0) is 16.1 Å². The Kier molecular flexibility index (Phi) is 6.26. The number of ether oxygens (including phenoxy) is 2. The maximum Gasteiger partial charge on any atom is 0.291 e. The summed E-state index contributed by atoms with van der Waals surface area (Å²) in [5.74, 6) is 0.256. The minimum Gasteiger partial charge on any atom is -0.470 e. The van der Waals surface area contributed by atoms with Crippen molar-refractivity contribution < 1.29 is 23.9 Å². The zero-order valence-electron chi connectivity index (χ0n) is 18.5. The van der Waals surface area contributed by atoms with Crippen molar-refractivity contribution in [3.63, 3.8) is 0 Å². The second-order valence-corrected chi connectivity index (χ2v) is 9.40. The van der Waals surface area contributed by atoms with Crippen molar-refractivity contribution >= 4 is 34.5 Å². The summed E-state index contributed by atoms with van der Waals surface area (Å²) < 4.78 is 11.6. The first-order valence-corrected chi connectivity index (χ1v) is 11.5. The zero-order chi connectivity index (χ0) is 23.0. The molecule has 0 radical (unpaired) electrons. The van der Waals surface area contributed by atoms with Gasteiger partial charge in [-0.05, 0) is 55.3 Å². The number of nitrogens with zero attached hydrogens (tertiary/aromatic N) is 2. The van der Waals surface area contributed by atoms with E-state index >= 15 is 0 Å². The Bertz CT molecular complexity index is 1070. The van der Waals surface area contributed by atoms with E-state index in [0.717, 1.165) is 17.3 Å². The quantitative estimate of drug-likeness (QED) is 0.636. The molecule has 0 aromatic heterocycles. The van der Waals surface area contributed by atoms with Gasteiger partial charge in [0.25, 0.3) is 17.1 Å². The Labute approximate surface area is 191 Å². The standard InChI is InChI=1S/C24H26N2O5S/c1-14(2)13-30-23-22(28)25(24(29)32-23)12-17-7-5-6-8-19(17)26-16(4)31-20-10-9-15(3)11-18(20)21(26)27/h5-11,14,16,23H,12-13H2,1-4H3. The van der Waals surface area contributed by atoms with Crippen molar-refractivity contribution in [1.82, 2.24) is 4.90 Å². The summed E-state index contributed by atoms with van der Waals surface area (Å²) in [4.78, 5) is 41.5. The number of hydrogen-bond acceptors (Lipinski definition) is 6. The fourth-order valence-corrected chi connectivity index (χ4v) is 4.59. The summed E-state index contributed by atoms with van der Waals surface area (Å²) in [6.07, 6.45) is -0.541. The lowest BCUT2D eigenvalue weighted by atomic mass is 10.0. The third kappa shape index (κ3) is 4.25. The van der Waals surface area contributed by atoms with E-state index in [1.807, 2.05) is 45.0 Å². The van der Waals surface area contributed by atoms with Crippen LogP contribution in [0.5, 0.6) is 5.75 Å². The average molecular weight is 455 g/mol. The number of para-hydroxylation sites is 1. The van der Waals surface area contributed by atoms with E-state index in [1.165, 1.54) is 4.90 Å². The molecule has 1 saturated heterocycles. The van der Waals surface area contributed by atoms with Crippen LogP contribution in [0.15, 0.2) is 42.5 Å². The number of benzene rings is 2. The largest absolute Gasteiger partial charge is 0.470 e. The van der Waals surface area contributed by atoms with Gasteiger partial charge in [-0.3, -0.25) is 24.2 Å². The molecule has 0 N–H and O–H groups in total. The van der Waals surface area contributed by atoms with Crippen molar-refractivity contribution in [1.29, 1.82) is 0 Å². The van der Waals surface area contributed by atoms with Crippen molar-refractivity contribution in [3.05, 3.63) is 59.2 Å². The summed E-state index contributed by atoms with van der Waals surface area (Å²) in [5, 5.41) is -0.353. The summed E-state index contributed by atoms with van der Waals surface area (Å²) in [6.45, 7) is 8.15. The van der Waals surface area contributed by atoms with E-state index < -0.39 is 11.7 Å². The highest BCUT2D eigenvalue weighted by molar-refractivity contribution is 8.15. The molecule has 7 nitrogen and oxygen atoms in total. The highest BCUT2D eigenvalue weighted by atomic mass is 32.2. The van der Waals surface area contributed by atoms with Crippen LogP contribution in [0.25, 0.3) is 0 Å². The topological polar surface area (TPSA) is 76.2 Å². The predicted molar refractivity (Wildman–Crippen MR) is 123 cm³/mol. The Hall–Kier alpha value is -2.84. The maximum absolute atomic E-state index is 13.4. The molecule has 2 aliphatic rings. The normalized spacial score (nSPS) is 20.7. The number of hydrogen-bond donors (Lipinski definition) is 0. The number of anilines is 1. The van der Waals surface area contributed by atoms with Gasteiger partial charge in [0, 0.05) is 0 Å². The molecule has 32 heavy (non-hydrogen) atoms. The van der Waals surface area contributed by atoms with Gasteiger partial charge in [-0.25, -0.2) is 0 Å². The molecule has 168 valence electrons. The molecule has 2 aliphatic heterocycles. The van der Waals surface area contributed by atoms with Gasteiger partial charge >= 0.3 is 0 Å². The lowest BCUT2D eigenvalue weighted by molar-refractivity contribution is -0.134. The second kappa shape index (κ2) is 8.96. The zero-order valence-corrected chi connectivity index (χ0v) is 19.3. The first kappa shape index (κ1) is 22.4. The molecule has 2 aromatic rings. The van der Waals surface area contributed by atoms with E-state index in [2.05, 4.69) is 0 Å². The molecule has 1 fully saturated rings. The van der Waals surface area contributed by atoms with E-state index in [9.17, 15) is 14.4 Å². The van der Waals surface area contributed by atoms with Crippen LogP contribution in [0.1, 0.15) is 42.3 Å². The summed E-state index contributed by atoms with van der Waals surface area (Å²) in [5.41, 5.74) is 1.91. The first-order valence-electron chi connectivity index (χ1n) is 10.6. The SMILES string of the molecule is Cc1ccc2c(c1)C(=O)N(c1ccccc1CN1C(=O)SC(OCC(C)C)C1=O)C(C)O2. The molecular weight excluding hydrogens is 428 g/mol. The van der Waals surface area contributed by atoms with Gasteiger partial charge in [0.1, 0.15) is 5.75 Å². The average Bonchev–Trinajstić information content (AvgIpc) is 3.01. The van der Waals surface area contributed by atoms with Crippen molar-refractivity contribution in [3.8, 4) is 5.75 Å². The molecule has 2 heterocycles. The number of carbonyl (C=O) groups excluding carboxylic acids is 3. The summed E-state index contributed by atoms with van der Waals surface area (Å²) in [7, 11) is 0. The van der Waals surface area contributed by atoms with Gasteiger partial charge in [0.05, 0.1) is 24.4 Å². The molecule has 2 atom stereocenters. The number of fused-ring (bicyclic) bond motifs is 1. The Morgan fingerprint density at radius 1 is 1.12 bits per heavy atom. The van der Waals surface area contributed by atoms with Crippen molar-refractivity contribution in [2.24, 2.45) is 5.92 Å². The number of aryl methyl sites for hydroxylation is 1. The summed E-state index contributed by atoms with van der Waals surface area (Å²) >= 11 is 0.888. The number of thioether (sulfide) groups is 1. The number of amides is 3. The van der Waals surface area contributed by atoms with Gasteiger partial charge in [0.15, 0.2) is 11.7 Å². The van der Waals surface area contributed by atoms with E-state index in [4.69, 9.17) is 9.47 Å². The second-order valence-electron chi connectivity index (χ2n) is 8.39. The maximum atomic E-state index is 13.4. The van der Waals surface area contributed by atoms with Gasteiger partial charge in [-0.15, -0.1) is 0 Å². The Morgan fingerprint density at radius 3 is 2.62 bits per heavy atom. The minimum absolute atomic E-state index is 0.0551. The van der Waals surface area contributed by atoms with Gasteiger partial charge in [-0.2, -0.15) is 0 Å². The third-order valence-corrected chi connectivity index (χ3v) is 6.28. The smallest absolute Gasteiger partial charge is 0.291 e. The number of carbonyl (C=O) groups is 3. The molecule has 2 unspecified atom stereocenters. The van der Waals surface area contributed by atoms with Crippen LogP contribution < -0.4 is 9.64 Å². The third-order valence-electron chi connectivity index (χ3n) is 5.30. The number of rotatable bonds is 6. The van der Waals surface area contributed by atoms with Gasteiger partial charge in [0.2, 0.25) is 0 Å².